The highest BCUT2D eigenvalue weighted by atomic mass is 32.2. The van der Waals surface area contributed by atoms with E-state index in [1.807, 2.05) is 0 Å². The van der Waals surface area contributed by atoms with Gasteiger partial charge in [0.25, 0.3) is 5.91 Å². The lowest BCUT2D eigenvalue weighted by Crippen LogP contribution is -2.18. The summed E-state index contributed by atoms with van der Waals surface area (Å²) >= 11 is 0.794. The van der Waals surface area contributed by atoms with Crippen molar-refractivity contribution in [3.05, 3.63) is 65.9 Å². The van der Waals surface area contributed by atoms with Gasteiger partial charge in [-0.05, 0) is 43.3 Å². The van der Waals surface area contributed by atoms with Crippen molar-refractivity contribution in [2.24, 2.45) is 0 Å². The van der Waals surface area contributed by atoms with Crippen molar-refractivity contribution in [3.63, 3.8) is 0 Å². The minimum atomic E-state index is -3.45. The molecule has 0 radical (unpaired) electrons. The summed E-state index contributed by atoms with van der Waals surface area (Å²) in [7, 11) is -3.45. The third-order valence-electron chi connectivity index (χ3n) is 3.96. The van der Waals surface area contributed by atoms with Crippen molar-refractivity contribution >= 4 is 44.3 Å². The number of carbonyl (C=O) groups excluding carboxylic acids is 3. The SMILES string of the molecule is CCOC(=O)c1ccc(OC(=O)Oc2ccccc2C(=O)Nc2ncc(S(C)(=O)=O)s2)cc1. The first-order valence-electron chi connectivity index (χ1n) is 9.40. The van der Waals surface area contributed by atoms with Crippen molar-refractivity contribution in [2.75, 3.05) is 18.2 Å². The number of esters is 1. The van der Waals surface area contributed by atoms with Crippen molar-refractivity contribution in [1.29, 1.82) is 0 Å². The minimum Gasteiger partial charge on any atom is -0.462 e. The lowest BCUT2D eigenvalue weighted by molar-refractivity contribution is 0.0526. The zero-order chi connectivity index (χ0) is 24.0. The van der Waals surface area contributed by atoms with Gasteiger partial charge in [-0.3, -0.25) is 10.1 Å². The van der Waals surface area contributed by atoms with E-state index < -0.39 is 27.9 Å². The standard InChI is InChI=1S/C21H18N2O8S2/c1-3-29-19(25)13-8-10-14(11-9-13)30-21(26)31-16-7-5-4-6-15(16)18(24)23-20-22-12-17(32-20)33(2,27)28/h4-12H,3H2,1-2H3,(H,22,23,24). The van der Waals surface area contributed by atoms with Crippen LogP contribution < -0.4 is 14.8 Å². The van der Waals surface area contributed by atoms with Gasteiger partial charge in [0.2, 0.25) is 0 Å². The second kappa shape index (κ2) is 10.2. The predicted molar refractivity (Wildman–Crippen MR) is 119 cm³/mol. The Kier molecular flexibility index (Phi) is 7.41. The summed E-state index contributed by atoms with van der Waals surface area (Å²) < 4.78 is 38.3. The van der Waals surface area contributed by atoms with E-state index in [9.17, 15) is 22.8 Å². The molecule has 0 bridgehead atoms. The highest BCUT2D eigenvalue weighted by molar-refractivity contribution is 7.92. The summed E-state index contributed by atoms with van der Waals surface area (Å²) in [5, 5.41) is 2.54. The van der Waals surface area contributed by atoms with Gasteiger partial charge < -0.3 is 14.2 Å². The maximum atomic E-state index is 12.6. The van der Waals surface area contributed by atoms with Crippen LogP contribution in [-0.4, -0.2) is 44.3 Å². The van der Waals surface area contributed by atoms with Gasteiger partial charge in [0, 0.05) is 6.26 Å². The number of aromatic nitrogens is 1. The first-order chi connectivity index (χ1) is 15.7. The monoisotopic (exact) mass is 490 g/mol. The number of sulfone groups is 1. The molecule has 0 unspecified atom stereocenters. The van der Waals surface area contributed by atoms with Gasteiger partial charge in [0.05, 0.1) is 23.9 Å². The quantitative estimate of drug-likeness (QED) is 0.389. The average Bonchev–Trinajstić information content (AvgIpc) is 3.24. The third-order valence-corrected chi connectivity index (χ3v) is 6.66. The largest absolute Gasteiger partial charge is 0.519 e. The number of anilines is 1. The van der Waals surface area contributed by atoms with E-state index in [1.54, 1.807) is 19.1 Å². The van der Waals surface area contributed by atoms with Crippen LogP contribution in [0, 0.1) is 0 Å². The number of para-hydroxylation sites is 1. The number of nitrogens with zero attached hydrogens (tertiary/aromatic N) is 1. The van der Waals surface area contributed by atoms with Crippen LogP contribution in [0.1, 0.15) is 27.6 Å². The van der Waals surface area contributed by atoms with E-state index in [0.29, 0.717) is 5.56 Å². The number of carbonyl (C=O) groups is 3. The number of hydrogen-bond donors (Lipinski definition) is 1. The summed E-state index contributed by atoms with van der Waals surface area (Å²) in [6.07, 6.45) is 1.07. The van der Waals surface area contributed by atoms with Gasteiger partial charge in [-0.2, -0.15) is 0 Å². The summed E-state index contributed by atoms with van der Waals surface area (Å²) in [6, 6.07) is 11.6. The summed E-state index contributed by atoms with van der Waals surface area (Å²) in [6.45, 7) is 1.92. The van der Waals surface area contributed by atoms with Crippen LogP contribution in [-0.2, 0) is 14.6 Å². The molecule has 1 heterocycles. The molecule has 0 saturated carbocycles. The van der Waals surface area contributed by atoms with E-state index in [-0.39, 0.29) is 33.0 Å². The highest BCUT2D eigenvalue weighted by Gasteiger charge is 2.19. The van der Waals surface area contributed by atoms with Gasteiger partial charge >= 0.3 is 12.1 Å². The van der Waals surface area contributed by atoms with Crippen LogP contribution in [0.3, 0.4) is 0 Å². The van der Waals surface area contributed by atoms with E-state index in [0.717, 1.165) is 23.8 Å². The van der Waals surface area contributed by atoms with Gasteiger partial charge in [-0.25, -0.2) is 23.0 Å². The number of amides is 1. The molecule has 0 saturated heterocycles. The zero-order valence-corrected chi connectivity index (χ0v) is 19.1. The lowest BCUT2D eigenvalue weighted by atomic mass is 10.2. The summed E-state index contributed by atoms with van der Waals surface area (Å²) in [5.41, 5.74) is 0.295. The average molecular weight is 491 g/mol. The maximum absolute atomic E-state index is 12.6. The zero-order valence-electron chi connectivity index (χ0n) is 17.4. The normalized spacial score (nSPS) is 10.8. The molecule has 3 aromatic rings. The molecule has 1 N–H and O–H groups in total. The predicted octanol–water partition coefficient (Wildman–Crippen LogP) is 3.55. The molecule has 0 aliphatic rings. The van der Waals surface area contributed by atoms with E-state index in [2.05, 4.69) is 10.3 Å². The molecule has 0 atom stereocenters. The Morgan fingerprint density at radius 2 is 1.73 bits per heavy atom. The molecule has 2 aromatic carbocycles. The molecule has 12 heteroatoms. The number of rotatable bonds is 7. The van der Waals surface area contributed by atoms with Crippen molar-refractivity contribution in [2.45, 2.75) is 11.1 Å². The fourth-order valence-corrected chi connectivity index (χ4v) is 4.11. The number of ether oxygens (including phenoxy) is 3. The molecule has 10 nitrogen and oxygen atoms in total. The second-order valence-electron chi connectivity index (χ2n) is 6.41. The number of nitrogens with one attached hydrogen (secondary N) is 1. The van der Waals surface area contributed by atoms with Crippen LogP contribution in [0.25, 0.3) is 0 Å². The third kappa shape index (κ3) is 6.37. The lowest BCUT2D eigenvalue weighted by Gasteiger charge is -2.10. The van der Waals surface area contributed by atoms with Gasteiger partial charge in [0.1, 0.15) is 15.7 Å². The summed E-state index contributed by atoms with van der Waals surface area (Å²) in [5.74, 6) is -1.13. The van der Waals surface area contributed by atoms with Crippen molar-refractivity contribution in [1.82, 2.24) is 4.98 Å². The highest BCUT2D eigenvalue weighted by Crippen LogP contribution is 2.25. The Balaban J connectivity index is 1.67. The smallest absolute Gasteiger partial charge is 0.462 e. The number of benzene rings is 2. The van der Waals surface area contributed by atoms with Gasteiger partial charge in [-0.1, -0.05) is 23.5 Å². The molecule has 33 heavy (non-hydrogen) atoms. The first kappa shape index (κ1) is 23.9. The van der Waals surface area contributed by atoms with Crippen LogP contribution in [0.2, 0.25) is 0 Å². The molecule has 172 valence electrons. The van der Waals surface area contributed by atoms with E-state index in [4.69, 9.17) is 14.2 Å². The molecule has 0 fully saturated rings. The minimum absolute atomic E-state index is 0.000104. The molecule has 0 aliphatic heterocycles. The second-order valence-corrected chi connectivity index (χ2v) is 9.68. The molecule has 0 aliphatic carbocycles. The molecular formula is C21H18N2O8S2. The maximum Gasteiger partial charge on any atom is 0.519 e. The first-order valence-corrected chi connectivity index (χ1v) is 12.1. The van der Waals surface area contributed by atoms with Crippen LogP contribution >= 0.6 is 11.3 Å². The fraction of sp³-hybridized carbons (Fsp3) is 0.143. The topological polar surface area (TPSA) is 138 Å². The van der Waals surface area contributed by atoms with E-state index in [1.165, 1.54) is 36.4 Å². The Labute approximate surface area is 193 Å². The molecule has 1 aromatic heterocycles. The Morgan fingerprint density at radius 1 is 1.03 bits per heavy atom. The van der Waals surface area contributed by atoms with Crippen LogP contribution in [0.4, 0.5) is 9.93 Å². The molecule has 3 rings (SSSR count). The summed E-state index contributed by atoms with van der Waals surface area (Å²) in [4.78, 5) is 40.4. The van der Waals surface area contributed by atoms with Crippen LogP contribution in [0.5, 0.6) is 11.5 Å². The Morgan fingerprint density at radius 3 is 2.36 bits per heavy atom. The van der Waals surface area contributed by atoms with Gasteiger partial charge in [0.15, 0.2) is 15.0 Å². The molecule has 0 spiro atoms. The number of hydrogen-bond acceptors (Lipinski definition) is 10. The fourth-order valence-electron chi connectivity index (χ4n) is 2.48. The number of thiazole rings is 1. The molecule has 1 amide bonds. The van der Waals surface area contributed by atoms with Crippen molar-refractivity contribution in [3.8, 4) is 11.5 Å². The van der Waals surface area contributed by atoms with Crippen LogP contribution in [0.15, 0.2) is 58.9 Å². The van der Waals surface area contributed by atoms with Gasteiger partial charge in [-0.15, -0.1) is 0 Å². The molecular weight excluding hydrogens is 472 g/mol. The Hall–Kier alpha value is -3.77. The van der Waals surface area contributed by atoms with Crippen molar-refractivity contribution < 1.29 is 37.0 Å². The van der Waals surface area contributed by atoms with E-state index >= 15 is 0 Å². The Bertz CT molecular complexity index is 1280.